The molecule has 0 radical (unpaired) electrons. The molecule has 1 aromatic carbocycles. The molecular formula is C15H20N2O4. The highest BCUT2D eigenvalue weighted by atomic mass is 16.4. The molecule has 0 spiro atoms. The Morgan fingerprint density at radius 2 is 1.71 bits per heavy atom. The molecule has 0 aromatic heterocycles. The normalized spacial score (nSPS) is 12.5. The van der Waals surface area contributed by atoms with Crippen LogP contribution in [0.5, 0.6) is 0 Å². The lowest BCUT2D eigenvalue weighted by atomic mass is 9.86. The van der Waals surface area contributed by atoms with Crippen molar-refractivity contribution in [1.82, 2.24) is 5.32 Å². The summed E-state index contributed by atoms with van der Waals surface area (Å²) in [6, 6.07) is 5.69. The van der Waals surface area contributed by atoms with Crippen molar-refractivity contribution < 1.29 is 19.5 Å². The minimum atomic E-state index is -1.22. The predicted octanol–water partition coefficient (Wildman–Crippen LogP) is 1.04. The number of benzene rings is 1. The Bertz CT molecular complexity index is 544. The highest BCUT2D eigenvalue weighted by molar-refractivity contribution is 5.98. The van der Waals surface area contributed by atoms with Crippen LogP contribution in [0.2, 0.25) is 0 Å². The molecule has 6 heteroatoms. The predicted molar refractivity (Wildman–Crippen MR) is 77.8 cm³/mol. The maximum atomic E-state index is 12.0. The third kappa shape index (κ3) is 4.91. The number of hydrogen-bond donors (Lipinski definition) is 3. The molecule has 0 aliphatic carbocycles. The highest BCUT2D eigenvalue weighted by Crippen LogP contribution is 2.22. The van der Waals surface area contributed by atoms with Crippen LogP contribution in [-0.4, -0.2) is 28.9 Å². The number of carbonyl (C=O) groups excluding carboxylic acids is 2. The number of primary amides is 1. The minimum absolute atomic E-state index is 0.0337. The van der Waals surface area contributed by atoms with E-state index in [0.717, 1.165) is 5.56 Å². The number of amides is 2. The molecule has 2 amide bonds. The summed E-state index contributed by atoms with van der Waals surface area (Å²) in [5.41, 5.74) is 6.45. The Morgan fingerprint density at radius 1 is 1.19 bits per heavy atom. The van der Waals surface area contributed by atoms with Gasteiger partial charge in [-0.05, 0) is 23.1 Å². The van der Waals surface area contributed by atoms with Crippen LogP contribution in [0.15, 0.2) is 24.3 Å². The van der Waals surface area contributed by atoms with Crippen LogP contribution >= 0.6 is 0 Å². The van der Waals surface area contributed by atoms with Crippen LogP contribution in [0.4, 0.5) is 0 Å². The fourth-order valence-corrected chi connectivity index (χ4v) is 1.76. The van der Waals surface area contributed by atoms with Crippen LogP contribution in [0.1, 0.15) is 43.1 Å². The van der Waals surface area contributed by atoms with E-state index in [-0.39, 0.29) is 5.41 Å². The molecule has 0 unspecified atom stereocenters. The van der Waals surface area contributed by atoms with Gasteiger partial charge in [0.05, 0.1) is 6.42 Å². The first-order chi connectivity index (χ1) is 9.61. The molecule has 4 N–H and O–H groups in total. The SMILES string of the molecule is CC(C)(C)c1ccc(C(=O)N[C@H](CC(=O)O)C(N)=O)cc1. The van der Waals surface area contributed by atoms with Crippen LogP contribution < -0.4 is 11.1 Å². The molecule has 1 atom stereocenters. The van der Waals surface area contributed by atoms with Gasteiger partial charge in [0.25, 0.3) is 5.91 Å². The lowest BCUT2D eigenvalue weighted by Gasteiger charge is -2.19. The Labute approximate surface area is 123 Å². The van der Waals surface area contributed by atoms with Crippen molar-refractivity contribution in [3.05, 3.63) is 35.4 Å². The van der Waals surface area contributed by atoms with Gasteiger partial charge < -0.3 is 16.2 Å². The lowest BCUT2D eigenvalue weighted by molar-refractivity contribution is -0.139. The fourth-order valence-electron chi connectivity index (χ4n) is 1.76. The number of rotatable bonds is 5. The Morgan fingerprint density at radius 3 is 2.10 bits per heavy atom. The number of nitrogens with one attached hydrogen (secondary N) is 1. The van der Waals surface area contributed by atoms with Gasteiger partial charge in [-0.2, -0.15) is 0 Å². The monoisotopic (exact) mass is 292 g/mol. The Balaban J connectivity index is 2.83. The lowest BCUT2D eigenvalue weighted by Crippen LogP contribution is -2.45. The quantitative estimate of drug-likeness (QED) is 0.753. The van der Waals surface area contributed by atoms with Crippen molar-refractivity contribution in [3.8, 4) is 0 Å². The van der Waals surface area contributed by atoms with E-state index in [9.17, 15) is 14.4 Å². The van der Waals surface area contributed by atoms with Gasteiger partial charge in [-0.3, -0.25) is 14.4 Å². The number of nitrogens with two attached hydrogens (primary N) is 1. The Hall–Kier alpha value is -2.37. The van der Waals surface area contributed by atoms with Crippen LogP contribution in [-0.2, 0) is 15.0 Å². The summed E-state index contributed by atoms with van der Waals surface area (Å²) in [6.45, 7) is 6.16. The van der Waals surface area contributed by atoms with Gasteiger partial charge in [-0.25, -0.2) is 0 Å². The van der Waals surface area contributed by atoms with Gasteiger partial charge in [-0.1, -0.05) is 32.9 Å². The number of carbonyl (C=O) groups is 3. The summed E-state index contributed by atoms with van der Waals surface area (Å²) < 4.78 is 0. The first-order valence-corrected chi connectivity index (χ1v) is 6.54. The number of carboxylic acid groups (broad SMARTS) is 1. The van der Waals surface area contributed by atoms with Gasteiger partial charge in [-0.15, -0.1) is 0 Å². The van der Waals surface area contributed by atoms with Crippen molar-refractivity contribution in [1.29, 1.82) is 0 Å². The number of hydrogen-bond acceptors (Lipinski definition) is 3. The third-order valence-electron chi connectivity index (χ3n) is 3.04. The van der Waals surface area contributed by atoms with E-state index in [1.165, 1.54) is 0 Å². The first kappa shape index (κ1) is 16.7. The molecule has 0 aliphatic rings. The van der Waals surface area contributed by atoms with Crippen molar-refractivity contribution in [2.24, 2.45) is 5.73 Å². The van der Waals surface area contributed by atoms with Crippen LogP contribution in [0.3, 0.4) is 0 Å². The van der Waals surface area contributed by atoms with Gasteiger partial charge in [0.1, 0.15) is 6.04 Å². The second kappa shape index (κ2) is 6.39. The fraction of sp³-hybridized carbons (Fsp3) is 0.400. The maximum absolute atomic E-state index is 12.0. The van der Waals surface area contributed by atoms with Gasteiger partial charge in [0.2, 0.25) is 5.91 Å². The molecule has 0 saturated carbocycles. The van der Waals surface area contributed by atoms with Crippen LogP contribution in [0, 0.1) is 0 Å². The summed E-state index contributed by atoms with van der Waals surface area (Å²) in [5.74, 6) is -2.61. The minimum Gasteiger partial charge on any atom is -0.481 e. The molecule has 1 rings (SSSR count). The molecule has 6 nitrogen and oxygen atoms in total. The number of carboxylic acids is 1. The van der Waals surface area contributed by atoms with Crippen molar-refractivity contribution in [3.63, 3.8) is 0 Å². The molecule has 1 aromatic rings. The molecule has 0 fully saturated rings. The van der Waals surface area contributed by atoms with Gasteiger partial charge in [0.15, 0.2) is 0 Å². The molecular weight excluding hydrogens is 272 g/mol. The van der Waals surface area contributed by atoms with E-state index in [1.807, 2.05) is 12.1 Å². The molecule has 21 heavy (non-hydrogen) atoms. The third-order valence-corrected chi connectivity index (χ3v) is 3.04. The average molecular weight is 292 g/mol. The van der Waals surface area contributed by atoms with Crippen molar-refractivity contribution in [2.75, 3.05) is 0 Å². The zero-order valence-corrected chi connectivity index (χ0v) is 12.3. The second-order valence-corrected chi connectivity index (χ2v) is 5.85. The van der Waals surface area contributed by atoms with E-state index in [2.05, 4.69) is 26.1 Å². The average Bonchev–Trinajstić information content (AvgIpc) is 2.36. The van der Waals surface area contributed by atoms with Gasteiger partial charge in [0, 0.05) is 5.56 Å². The summed E-state index contributed by atoms with van der Waals surface area (Å²) in [5, 5.41) is 11.0. The molecule has 0 heterocycles. The topological polar surface area (TPSA) is 109 Å². The zero-order valence-electron chi connectivity index (χ0n) is 12.3. The molecule has 0 bridgehead atoms. The molecule has 0 saturated heterocycles. The molecule has 0 aliphatic heterocycles. The maximum Gasteiger partial charge on any atom is 0.305 e. The Kier molecular flexibility index (Phi) is 5.07. The van der Waals surface area contributed by atoms with E-state index in [4.69, 9.17) is 10.8 Å². The van der Waals surface area contributed by atoms with Gasteiger partial charge >= 0.3 is 5.97 Å². The van der Waals surface area contributed by atoms with Crippen LogP contribution in [0.25, 0.3) is 0 Å². The second-order valence-electron chi connectivity index (χ2n) is 5.85. The molecule has 114 valence electrons. The van der Waals surface area contributed by atoms with E-state index in [0.29, 0.717) is 5.56 Å². The summed E-state index contributed by atoms with van der Waals surface area (Å²) in [4.78, 5) is 33.7. The smallest absolute Gasteiger partial charge is 0.305 e. The summed E-state index contributed by atoms with van der Waals surface area (Å²) in [6.07, 6.45) is -0.541. The van der Waals surface area contributed by atoms with Crippen molar-refractivity contribution >= 4 is 17.8 Å². The summed E-state index contributed by atoms with van der Waals surface area (Å²) >= 11 is 0. The first-order valence-electron chi connectivity index (χ1n) is 6.54. The summed E-state index contributed by atoms with van der Waals surface area (Å²) in [7, 11) is 0. The van der Waals surface area contributed by atoms with E-state index >= 15 is 0 Å². The standard InChI is InChI=1S/C15H20N2O4/c1-15(2,3)10-6-4-9(5-7-10)14(21)17-11(13(16)20)8-12(18)19/h4-7,11H,8H2,1-3H3,(H2,16,20)(H,17,21)(H,18,19)/t11-/m1/s1. The number of aliphatic carboxylic acids is 1. The van der Waals surface area contributed by atoms with Crippen molar-refractivity contribution in [2.45, 2.75) is 38.6 Å². The highest BCUT2D eigenvalue weighted by Gasteiger charge is 2.22. The van der Waals surface area contributed by atoms with E-state index in [1.54, 1.807) is 12.1 Å². The zero-order chi connectivity index (χ0) is 16.2. The largest absolute Gasteiger partial charge is 0.481 e. The van der Waals surface area contributed by atoms with E-state index < -0.39 is 30.2 Å².